The first-order chi connectivity index (χ1) is 21.2. The summed E-state index contributed by atoms with van der Waals surface area (Å²) in [6.45, 7) is 2.18. The summed E-state index contributed by atoms with van der Waals surface area (Å²) in [5.41, 5.74) is 25.1. The monoisotopic (exact) mass is 590 g/mol. The molecule has 0 fully saturated rings. The van der Waals surface area contributed by atoms with Crippen molar-refractivity contribution < 1.29 is 9.59 Å². The Kier molecular flexibility index (Phi) is 9.03. The van der Waals surface area contributed by atoms with Crippen LogP contribution in [0.1, 0.15) is 58.7 Å². The highest BCUT2D eigenvalue weighted by Gasteiger charge is 2.44. The third-order valence-electron chi connectivity index (χ3n) is 8.04. The number of nitrogens with zero attached hydrogens (tertiary/aromatic N) is 2. The third-order valence-corrected chi connectivity index (χ3v) is 8.04. The summed E-state index contributed by atoms with van der Waals surface area (Å²) in [5, 5.41) is 6.63. The van der Waals surface area contributed by atoms with Gasteiger partial charge in [-0.2, -0.15) is 0 Å². The number of benzene rings is 4. The molecule has 10 N–H and O–H groups in total. The number of nitrogens with one attached hydrogen (secondary N) is 2. The first-order valence-electron chi connectivity index (χ1n) is 14.6. The van der Waals surface area contributed by atoms with Crippen LogP contribution in [-0.4, -0.2) is 39.7 Å². The number of ketones is 1. The fraction of sp³-hybridized carbons (Fsp3) is 0.235. The van der Waals surface area contributed by atoms with Crippen molar-refractivity contribution >= 4 is 39.2 Å². The molecule has 2 atom stereocenters. The van der Waals surface area contributed by atoms with E-state index < -0.39 is 23.3 Å². The Balaban J connectivity index is 1.55. The molecule has 0 aliphatic rings. The molecule has 1 aromatic heterocycles. The van der Waals surface area contributed by atoms with Crippen LogP contribution in [0.15, 0.2) is 90.2 Å². The van der Waals surface area contributed by atoms with Crippen LogP contribution in [0.25, 0.3) is 21.5 Å². The second kappa shape index (κ2) is 13.1. The van der Waals surface area contributed by atoms with Crippen LogP contribution in [-0.2, 0) is 17.8 Å². The SMILES string of the molecule is C[C@@H](NC(=O)[C@@](N)(CCCN=C(N)N)C(=O)c1c(CN)cc(Cc2ncc[nH]2)c2ccccc12)c1cccc2ccccc12. The van der Waals surface area contributed by atoms with Crippen LogP contribution in [0, 0.1) is 0 Å². The van der Waals surface area contributed by atoms with Gasteiger partial charge in [-0.05, 0) is 58.0 Å². The normalized spacial score (nSPS) is 13.3. The van der Waals surface area contributed by atoms with Crippen molar-refractivity contribution in [3.63, 3.8) is 0 Å². The quantitative estimate of drug-likeness (QED) is 0.0420. The molecular formula is C34H38N8O2. The highest BCUT2D eigenvalue weighted by atomic mass is 16.2. The van der Waals surface area contributed by atoms with E-state index in [4.69, 9.17) is 22.9 Å². The zero-order valence-corrected chi connectivity index (χ0v) is 24.7. The minimum Gasteiger partial charge on any atom is -0.370 e. The fourth-order valence-electron chi connectivity index (χ4n) is 5.82. The Hall–Kier alpha value is -5.06. The van der Waals surface area contributed by atoms with Crippen molar-refractivity contribution in [3.05, 3.63) is 113 Å². The number of carbonyl (C=O) groups is 2. The molecule has 0 bridgehead atoms. The van der Waals surface area contributed by atoms with Gasteiger partial charge in [0.2, 0.25) is 5.91 Å². The average molecular weight is 591 g/mol. The molecule has 226 valence electrons. The van der Waals surface area contributed by atoms with Crippen LogP contribution >= 0.6 is 0 Å². The number of fused-ring (bicyclic) bond motifs is 2. The van der Waals surface area contributed by atoms with Crippen molar-refractivity contribution in [2.24, 2.45) is 27.9 Å². The number of nitrogens with two attached hydrogens (primary N) is 4. The van der Waals surface area contributed by atoms with Crippen LogP contribution in [0.5, 0.6) is 0 Å². The maximum atomic E-state index is 14.6. The molecule has 0 unspecified atom stereocenters. The molecule has 0 spiro atoms. The number of amides is 1. The summed E-state index contributed by atoms with van der Waals surface area (Å²) in [7, 11) is 0. The number of rotatable bonds is 12. The van der Waals surface area contributed by atoms with Gasteiger partial charge in [-0.25, -0.2) is 4.98 Å². The van der Waals surface area contributed by atoms with E-state index in [1.807, 2.05) is 79.7 Å². The van der Waals surface area contributed by atoms with Gasteiger partial charge in [0.25, 0.3) is 0 Å². The van der Waals surface area contributed by atoms with Crippen molar-refractivity contribution in [2.75, 3.05) is 6.54 Å². The number of guanidine groups is 1. The molecule has 0 saturated carbocycles. The predicted octanol–water partition coefficient (Wildman–Crippen LogP) is 3.58. The zero-order valence-electron chi connectivity index (χ0n) is 24.7. The molecule has 0 aliphatic carbocycles. The van der Waals surface area contributed by atoms with Gasteiger partial charge < -0.3 is 33.2 Å². The van der Waals surface area contributed by atoms with E-state index >= 15 is 0 Å². The van der Waals surface area contributed by atoms with Crippen molar-refractivity contribution in [1.82, 2.24) is 15.3 Å². The van der Waals surface area contributed by atoms with E-state index in [9.17, 15) is 9.59 Å². The van der Waals surface area contributed by atoms with E-state index in [0.29, 0.717) is 29.4 Å². The molecule has 1 amide bonds. The minimum absolute atomic E-state index is 0.0171. The summed E-state index contributed by atoms with van der Waals surface area (Å²) in [6.07, 6.45) is 4.31. The van der Waals surface area contributed by atoms with Crippen LogP contribution < -0.4 is 28.3 Å². The lowest BCUT2D eigenvalue weighted by Gasteiger charge is -2.30. The van der Waals surface area contributed by atoms with E-state index in [1.54, 1.807) is 12.4 Å². The van der Waals surface area contributed by atoms with E-state index in [0.717, 1.165) is 33.1 Å². The van der Waals surface area contributed by atoms with Gasteiger partial charge in [0, 0.05) is 37.5 Å². The Morgan fingerprint density at radius 2 is 1.68 bits per heavy atom. The second-order valence-electron chi connectivity index (χ2n) is 11.0. The largest absolute Gasteiger partial charge is 0.370 e. The summed E-state index contributed by atoms with van der Waals surface area (Å²) in [4.78, 5) is 40.3. The Bertz CT molecular complexity index is 1820. The first kappa shape index (κ1) is 30.4. The molecular weight excluding hydrogens is 552 g/mol. The number of aromatic nitrogens is 2. The number of Topliss-reactive ketones (excluding diaryl/α,β-unsaturated/α-hetero) is 1. The first-order valence-corrected chi connectivity index (χ1v) is 14.6. The second-order valence-corrected chi connectivity index (χ2v) is 11.0. The van der Waals surface area contributed by atoms with Gasteiger partial charge in [0.05, 0.1) is 6.04 Å². The number of aliphatic imine (C=N–C) groups is 1. The summed E-state index contributed by atoms with van der Waals surface area (Å²) in [6, 6.07) is 22.9. The molecule has 10 heteroatoms. The van der Waals surface area contributed by atoms with E-state index in [2.05, 4.69) is 20.3 Å². The number of hydrogen-bond donors (Lipinski definition) is 6. The number of aromatic amines is 1. The maximum absolute atomic E-state index is 14.6. The number of H-pyrrole nitrogens is 1. The summed E-state index contributed by atoms with van der Waals surface area (Å²) < 4.78 is 0. The van der Waals surface area contributed by atoms with Crippen LogP contribution in [0.4, 0.5) is 0 Å². The van der Waals surface area contributed by atoms with Gasteiger partial charge in [0.1, 0.15) is 5.82 Å². The molecule has 10 nitrogen and oxygen atoms in total. The smallest absolute Gasteiger partial charge is 0.248 e. The number of imidazole rings is 1. The summed E-state index contributed by atoms with van der Waals surface area (Å²) >= 11 is 0. The topological polar surface area (TPSA) is 191 Å². The Morgan fingerprint density at radius 3 is 2.39 bits per heavy atom. The predicted molar refractivity (Wildman–Crippen MR) is 175 cm³/mol. The maximum Gasteiger partial charge on any atom is 0.248 e. The zero-order chi connectivity index (χ0) is 31.3. The minimum atomic E-state index is -1.92. The lowest BCUT2D eigenvalue weighted by atomic mass is 9.80. The van der Waals surface area contributed by atoms with Gasteiger partial charge in [-0.15, -0.1) is 0 Å². The summed E-state index contributed by atoms with van der Waals surface area (Å²) in [5.74, 6) is -0.381. The molecule has 5 rings (SSSR count). The number of hydrogen-bond acceptors (Lipinski definition) is 6. The van der Waals surface area contributed by atoms with Crippen molar-refractivity contribution in [3.8, 4) is 0 Å². The number of carbonyl (C=O) groups excluding carboxylic acids is 2. The van der Waals surface area contributed by atoms with Gasteiger partial charge in [0.15, 0.2) is 17.3 Å². The average Bonchev–Trinajstić information content (AvgIpc) is 3.55. The fourth-order valence-corrected chi connectivity index (χ4v) is 5.82. The van der Waals surface area contributed by atoms with Gasteiger partial charge >= 0.3 is 0 Å². The molecule has 4 aromatic carbocycles. The third kappa shape index (κ3) is 6.17. The molecule has 44 heavy (non-hydrogen) atoms. The molecule has 0 saturated heterocycles. The highest BCUT2D eigenvalue weighted by Crippen LogP contribution is 2.32. The molecule has 5 aromatic rings. The highest BCUT2D eigenvalue weighted by molar-refractivity contribution is 6.23. The molecule has 0 radical (unpaired) electrons. The van der Waals surface area contributed by atoms with E-state index in [-0.39, 0.29) is 25.5 Å². The Labute approximate surface area is 255 Å². The van der Waals surface area contributed by atoms with Gasteiger partial charge in [-0.1, -0.05) is 72.8 Å². The molecule has 1 heterocycles. The lowest BCUT2D eigenvalue weighted by Crippen LogP contribution is -2.60. The molecule has 0 aliphatic heterocycles. The van der Waals surface area contributed by atoms with Gasteiger partial charge in [-0.3, -0.25) is 14.6 Å². The van der Waals surface area contributed by atoms with Crippen molar-refractivity contribution in [1.29, 1.82) is 0 Å². The van der Waals surface area contributed by atoms with Crippen LogP contribution in [0.3, 0.4) is 0 Å². The van der Waals surface area contributed by atoms with E-state index in [1.165, 1.54) is 0 Å². The Morgan fingerprint density at radius 1 is 0.977 bits per heavy atom. The standard InChI is InChI=1S/C34H38N8O2/c1-21(25-13-6-9-22-8-2-3-10-26(22)25)42-32(44)34(38,14-7-15-41-33(36)37)31(43)30-24(20-35)18-23(19-29-39-16-17-40-29)27-11-4-5-12-28(27)30/h2-6,8-13,16-18,21H,7,14-15,19-20,35,38H2,1H3,(H,39,40)(H,42,44)(H4,36,37,41)/t21-,34-/m1/s1. The lowest BCUT2D eigenvalue weighted by molar-refractivity contribution is -0.125. The van der Waals surface area contributed by atoms with Crippen LogP contribution in [0.2, 0.25) is 0 Å². The van der Waals surface area contributed by atoms with Crippen molar-refractivity contribution in [2.45, 2.75) is 44.3 Å².